The number of aromatic nitrogens is 1. The van der Waals surface area contributed by atoms with Crippen molar-refractivity contribution >= 4 is 33.7 Å². The minimum atomic E-state index is -4.56. The minimum absolute atomic E-state index is 0.0283. The first-order chi connectivity index (χ1) is 15.8. The van der Waals surface area contributed by atoms with Crippen LogP contribution in [0.25, 0.3) is 27.8 Å². The zero-order valence-corrected chi connectivity index (χ0v) is 17.9. The van der Waals surface area contributed by atoms with E-state index in [2.05, 4.69) is 35.3 Å². The third-order valence-corrected chi connectivity index (χ3v) is 5.07. The molecule has 33 heavy (non-hydrogen) atoms. The molecule has 4 nitrogen and oxygen atoms in total. The lowest BCUT2D eigenvalue weighted by molar-refractivity contribution is -0.170. The molecule has 0 aliphatic heterocycles. The number of carbonyl (C=O) groups excluding carboxylic acids is 1. The SMILES string of the molecule is CCOC(=O)/C(=C\c1ccc2[nH]c(Cc3ccc4ccccc4c3)cc2c1)OCC(F)(F)F. The van der Waals surface area contributed by atoms with Crippen LogP contribution in [0.1, 0.15) is 23.7 Å². The lowest BCUT2D eigenvalue weighted by Gasteiger charge is -2.11. The number of H-pyrrole nitrogens is 1. The highest BCUT2D eigenvalue weighted by Crippen LogP contribution is 2.24. The van der Waals surface area contributed by atoms with Gasteiger partial charge in [-0.15, -0.1) is 0 Å². The average molecular weight is 453 g/mol. The highest BCUT2D eigenvalue weighted by molar-refractivity contribution is 5.92. The van der Waals surface area contributed by atoms with Gasteiger partial charge in [0.05, 0.1) is 6.61 Å². The van der Waals surface area contributed by atoms with Crippen molar-refractivity contribution in [2.45, 2.75) is 19.5 Å². The minimum Gasteiger partial charge on any atom is -0.477 e. The molecule has 0 atom stereocenters. The Labute approximate surface area is 188 Å². The van der Waals surface area contributed by atoms with E-state index in [1.165, 1.54) is 16.8 Å². The second-order valence-electron chi connectivity index (χ2n) is 7.63. The lowest BCUT2D eigenvalue weighted by Crippen LogP contribution is -2.20. The molecule has 1 N–H and O–H groups in total. The first-order valence-electron chi connectivity index (χ1n) is 10.5. The second-order valence-corrected chi connectivity index (χ2v) is 7.63. The second kappa shape index (κ2) is 9.40. The number of ether oxygens (including phenoxy) is 2. The molecule has 0 spiro atoms. The molecule has 0 saturated carbocycles. The Morgan fingerprint density at radius 2 is 1.73 bits per heavy atom. The molecule has 0 aliphatic rings. The van der Waals surface area contributed by atoms with E-state index in [1.54, 1.807) is 19.1 Å². The first kappa shape index (κ1) is 22.5. The summed E-state index contributed by atoms with van der Waals surface area (Å²) in [4.78, 5) is 15.4. The van der Waals surface area contributed by atoms with Gasteiger partial charge < -0.3 is 14.5 Å². The summed E-state index contributed by atoms with van der Waals surface area (Å²) < 4.78 is 47.2. The summed E-state index contributed by atoms with van der Waals surface area (Å²) >= 11 is 0. The Morgan fingerprint density at radius 1 is 0.939 bits per heavy atom. The van der Waals surface area contributed by atoms with Crippen molar-refractivity contribution in [3.63, 3.8) is 0 Å². The third kappa shape index (κ3) is 5.74. The summed E-state index contributed by atoms with van der Waals surface area (Å²) in [5, 5.41) is 3.22. The highest BCUT2D eigenvalue weighted by atomic mass is 19.4. The first-order valence-corrected chi connectivity index (χ1v) is 10.5. The van der Waals surface area contributed by atoms with Crippen LogP contribution in [0, 0.1) is 0 Å². The van der Waals surface area contributed by atoms with E-state index >= 15 is 0 Å². The van der Waals surface area contributed by atoms with Gasteiger partial charge in [-0.1, -0.05) is 48.5 Å². The summed E-state index contributed by atoms with van der Waals surface area (Å²) in [7, 11) is 0. The number of hydrogen-bond donors (Lipinski definition) is 1. The zero-order valence-electron chi connectivity index (χ0n) is 17.9. The molecule has 0 bridgehead atoms. The van der Waals surface area contributed by atoms with E-state index < -0.39 is 24.5 Å². The number of nitrogens with one attached hydrogen (secondary N) is 1. The number of fused-ring (bicyclic) bond motifs is 2. The molecule has 4 rings (SSSR count). The fourth-order valence-electron chi connectivity index (χ4n) is 3.64. The lowest BCUT2D eigenvalue weighted by atomic mass is 10.0. The number of hydrogen-bond acceptors (Lipinski definition) is 3. The van der Waals surface area contributed by atoms with Gasteiger partial charge in [-0.2, -0.15) is 13.2 Å². The molecule has 7 heteroatoms. The van der Waals surface area contributed by atoms with E-state index in [-0.39, 0.29) is 6.61 Å². The smallest absolute Gasteiger partial charge is 0.422 e. The van der Waals surface area contributed by atoms with Crippen molar-refractivity contribution in [2.75, 3.05) is 13.2 Å². The fourth-order valence-corrected chi connectivity index (χ4v) is 3.64. The van der Waals surface area contributed by atoms with Crippen LogP contribution < -0.4 is 0 Å². The van der Waals surface area contributed by atoms with Crippen molar-refractivity contribution in [3.8, 4) is 0 Å². The third-order valence-electron chi connectivity index (χ3n) is 5.07. The number of halogens is 3. The zero-order chi connectivity index (χ0) is 23.4. The van der Waals surface area contributed by atoms with Crippen molar-refractivity contribution in [1.29, 1.82) is 0 Å². The van der Waals surface area contributed by atoms with Gasteiger partial charge in [0.25, 0.3) is 0 Å². The molecule has 0 aliphatic carbocycles. The number of carbonyl (C=O) groups is 1. The van der Waals surface area contributed by atoms with Crippen LogP contribution in [0.15, 0.2) is 72.5 Å². The predicted molar refractivity (Wildman–Crippen MR) is 122 cm³/mol. The Morgan fingerprint density at radius 3 is 2.48 bits per heavy atom. The molecule has 170 valence electrons. The maximum Gasteiger partial charge on any atom is 0.422 e. The number of esters is 1. The summed E-state index contributed by atoms with van der Waals surface area (Å²) in [6, 6.07) is 21.8. The van der Waals surface area contributed by atoms with Gasteiger partial charge in [0, 0.05) is 23.0 Å². The Kier molecular flexibility index (Phi) is 6.40. The van der Waals surface area contributed by atoms with Crippen LogP contribution in [-0.4, -0.2) is 30.3 Å². The van der Waals surface area contributed by atoms with Crippen LogP contribution in [0.5, 0.6) is 0 Å². The van der Waals surface area contributed by atoms with Crippen molar-refractivity contribution < 1.29 is 27.4 Å². The monoisotopic (exact) mass is 453 g/mol. The maximum atomic E-state index is 12.6. The largest absolute Gasteiger partial charge is 0.477 e. The molecule has 1 heterocycles. The molecule has 1 aromatic heterocycles. The average Bonchev–Trinajstić information content (AvgIpc) is 3.17. The number of alkyl halides is 3. The van der Waals surface area contributed by atoms with Crippen molar-refractivity contribution in [3.05, 3.63) is 89.3 Å². The molecule has 0 saturated heterocycles. The van der Waals surface area contributed by atoms with Gasteiger partial charge in [0.2, 0.25) is 5.76 Å². The van der Waals surface area contributed by atoms with Gasteiger partial charge in [0.1, 0.15) is 0 Å². The number of aromatic amines is 1. The molecular weight excluding hydrogens is 431 g/mol. The standard InChI is InChI=1S/C26H22F3NO3/c1-2-32-25(31)24(33-16-26(27,28)29)14-18-8-10-23-21(12-18)15-22(30-23)13-17-7-9-19-5-3-4-6-20(19)11-17/h3-12,14-15,30H,2,13,16H2,1H3/b24-14+. The molecule has 0 unspecified atom stereocenters. The van der Waals surface area contributed by atoms with E-state index in [9.17, 15) is 18.0 Å². The Hall–Kier alpha value is -3.74. The fraction of sp³-hybridized carbons (Fsp3) is 0.192. The topological polar surface area (TPSA) is 51.3 Å². The maximum absolute atomic E-state index is 12.6. The van der Waals surface area contributed by atoms with Crippen LogP contribution in [-0.2, 0) is 20.7 Å². The summed E-state index contributed by atoms with van der Waals surface area (Å²) in [5.41, 5.74) is 3.58. The molecular formula is C26H22F3NO3. The van der Waals surface area contributed by atoms with Gasteiger partial charge in [0.15, 0.2) is 6.61 Å². The van der Waals surface area contributed by atoms with Gasteiger partial charge in [-0.05, 0) is 53.1 Å². The van der Waals surface area contributed by atoms with Gasteiger partial charge >= 0.3 is 12.1 Å². The normalized spacial score (nSPS) is 12.3. The quantitative estimate of drug-likeness (QED) is 0.200. The van der Waals surface area contributed by atoms with E-state index in [0.29, 0.717) is 12.0 Å². The van der Waals surface area contributed by atoms with Crippen LogP contribution >= 0.6 is 0 Å². The van der Waals surface area contributed by atoms with Crippen LogP contribution in [0.2, 0.25) is 0 Å². The molecule has 4 aromatic rings. The number of benzene rings is 3. The summed E-state index contributed by atoms with van der Waals surface area (Å²) in [6.07, 6.45) is -2.60. The molecule has 3 aromatic carbocycles. The molecule has 0 amide bonds. The number of rotatable bonds is 7. The summed E-state index contributed by atoms with van der Waals surface area (Å²) in [6.45, 7) is 0.0304. The Balaban J connectivity index is 1.58. The van der Waals surface area contributed by atoms with E-state index in [1.807, 2.05) is 24.3 Å². The summed E-state index contributed by atoms with van der Waals surface area (Å²) in [5.74, 6) is -1.42. The molecule has 0 radical (unpaired) electrons. The Bertz CT molecular complexity index is 1320. The van der Waals surface area contributed by atoms with Gasteiger partial charge in [-0.3, -0.25) is 0 Å². The van der Waals surface area contributed by atoms with E-state index in [0.717, 1.165) is 22.2 Å². The van der Waals surface area contributed by atoms with E-state index in [4.69, 9.17) is 9.47 Å². The highest BCUT2D eigenvalue weighted by Gasteiger charge is 2.30. The van der Waals surface area contributed by atoms with Gasteiger partial charge in [-0.25, -0.2) is 4.79 Å². The van der Waals surface area contributed by atoms with Crippen molar-refractivity contribution in [2.24, 2.45) is 0 Å². The van der Waals surface area contributed by atoms with Crippen LogP contribution in [0.3, 0.4) is 0 Å². The molecule has 0 fully saturated rings. The predicted octanol–water partition coefficient (Wildman–Crippen LogP) is 6.39. The van der Waals surface area contributed by atoms with Crippen molar-refractivity contribution in [1.82, 2.24) is 4.98 Å². The van der Waals surface area contributed by atoms with Crippen LogP contribution in [0.4, 0.5) is 13.2 Å².